The molecule has 5 rings (SSSR count). The topological polar surface area (TPSA) is 109 Å². The summed E-state index contributed by atoms with van der Waals surface area (Å²) in [5.41, 5.74) is -0.729. The van der Waals surface area contributed by atoms with Gasteiger partial charge in [0.1, 0.15) is 17.1 Å². The van der Waals surface area contributed by atoms with Gasteiger partial charge in [0.05, 0.1) is 12.2 Å². The smallest absolute Gasteiger partial charge is 0.325 e. The number of carbonyl (C=O) groups is 4. The fraction of sp³-hybridized carbons (Fsp3) is 0.348. The molecule has 0 unspecified atom stereocenters. The number of para-hydroxylation sites is 2. The molecule has 1 aromatic heterocycles. The van der Waals surface area contributed by atoms with Crippen molar-refractivity contribution in [1.82, 2.24) is 15.2 Å². The molecule has 0 atom stereocenters. The summed E-state index contributed by atoms with van der Waals surface area (Å²) >= 11 is 0. The predicted molar refractivity (Wildman–Crippen MR) is 114 cm³/mol. The molecular formula is C23H20F2N4O5. The highest BCUT2D eigenvalue weighted by molar-refractivity contribution is 6.11. The van der Waals surface area contributed by atoms with E-state index in [0.717, 1.165) is 4.90 Å². The largest absolute Gasteiger partial charge is 0.482 e. The van der Waals surface area contributed by atoms with Gasteiger partial charge in [-0.25, -0.2) is 18.6 Å². The minimum absolute atomic E-state index is 0.134. The lowest BCUT2D eigenvalue weighted by Crippen LogP contribution is -2.51. The Balaban J connectivity index is 1.31. The SMILES string of the molecule is O=C(CN1C(=O)NC2(CCC(F)(F)CC2)C1=O)c1ccc(N2C(=O)COc3ccccc32)nc1. The number of nitrogens with one attached hydrogen (secondary N) is 1. The van der Waals surface area contributed by atoms with E-state index in [1.54, 1.807) is 24.3 Å². The van der Waals surface area contributed by atoms with Gasteiger partial charge in [-0.2, -0.15) is 0 Å². The Hall–Kier alpha value is -3.89. The summed E-state index contributed by atoms with van der Waals surface area (Å²) in [5, 5.41) is 2.51. The molecule has 34 heavy (non-hydrogen) atoms. The highest BCUT2D eigenvalue weighted by atomic mass is 19.3. The Labute approximate surface area is 192 Å². The lowest BCUT2D eigenvalue weighted by molar-refractivity contribution is -0.135. The maximum atomic E-state index is 13.5. The molecule has 2 aliphatic heterocycles. The minimum atomic E-state index is -2.87. The highest BCUT2D eigenvalue weighted by Gasteiger charge is 2.55. The average Bonchev–Trinajstić information content (AvgIpc) is 3.05. The van der Waals surface area contributed by atoms with Crippen LogP contribution in [0.5, 0.6) is 5.75 Å². The van der Waals surface area contributed by atoms with Crippen LogP contribution in [0.25, 0.3) is 0 Å². The second-order valence-corrected chi connectivity index (χ2v) is 8.57. The standard InChI is InChI=1S/C23H20F2N4O5/c24-23(25)9-7-22(8-10-23)20(32)28(21(33)27-22)12-16(30)14-5-6-18(26-11-14)29-15-3-1-2-4-17(15)34-13-19(29)31/h1-6,11H,7-10,12-13H2,(H,27,33). The molecule has 176 valence electrons. The van der Waals surface area contributed by atoms with Gasteiger partial charge in [-0.1, -0.05) is 12.1 Å². The van der Waals surface area contributed by atoms with E-state index in [9.17, 15) is 28.0 Å². The van der Waals surface area contributed by atoms with E-state index in [4.69, 9.17) is 4.74 Å². The number of rotatable bonds is 4. The van der Waals surface area contributed by atoms with Crippen molar-refractivity contribution in [2.75, 3.05) is 18.1 Å². The van der Waals surface area contributed by atoms with Crippen LogP contribution in [0.2, 0.25) is 0 Å². The van der Waals surface area contributed by atoms with Gasteiger partial charge in [-0.15, -0.1) is 0 Å². The zero-order chi connectivity index (χ0) is 24.1. The molecule has 1 saturated heterocycles. The van der Waals surface area contributed by atoms with E-state index in [1.165, 1.54) is 23.2 Å². The maximum Gasteiger partial charge on any atom is 0.325 e. The molecule has 3 aliphatic rings. The van der Waals surface area contributed by atoms with Crippen molar-refractivity contribution in [2.24, 2.45) is 0 Å². The van der Waals surface area contributed by atoms with Crippen molar-refractivity contribution in [3.63, 3.8) is 0 Å². The second-order valence-electron chi connectivity index (χ2n) is 8.57. The highest BCUT2D eigenvalue weighted by Crippen LogP contribution is 2.41. The third-order valence-corrected chi connectivity index (χ3v) is 6.39. The lowest BCUT2D eigenvalue weighted by Gasteiger charge is -2.34. The van der Waals surface area contributed by atoms with Gasteiger partial charge in [-0.05, 0) is 37.1 Å². The number of fused-ring (bicyclic) bond motifs is 1. The molecule has 11 heteroatoms. The maximum absolute atomic E-state index is 13.5. The van der Waals surface area contributed by atoms with Gasteiger partial charge >= 0.3 is 6.03 Å². The number of hydrogen-bond donors (Lipinski definition) is 1. The molecule has 0 bridgehead atoms. The molecule has 1 N–H and O–H groups in total. The van der Waals surface area contributed by atoms with Crippen LogP contribution < -0.4 is 15.0 Å². The molecule has 2 fully saturated rings. The Bertz CT molecular complexity index is 1190. The van der Waals surface area contributed by atoms with E-state index in [0.29, 0.717) is 11.4 Å². The first-order valence-corrected chi connectivity index (χ1v) is 10.8. The van der Waals surface area contributed by atoms with Crippen LogP contribution in [0.3, 0.4) is 0 Å². The molecule has 3 heterocycles. The zero-order valence-electron chi connectivity index (χ0n) is 17.9. The summed E-state index contributed by atoms with van der Waals surface area (Å²) in [7, 11) is 0. The molecule has 1 aromatic carbocycles. The summed E-state index contributed by atoms with van der Waals surface area (Å²) in [6.07, 6.45) is -0.106. The fourth-order valence-electron chi connectivity index (χ4n) is 4.47. The Kier molecular flexibility index (Phi) is 5.07. The number of halogens is 2. The Morgan fingerprint density at radius 3 is 2.50 bits per heavy atom. The molecule has 1 aliphatic carbocycles. The number of hydrogen-bond acceptors (Lipinski definition) is 6. The average molecular weight is 470 g/mol. The number of carbonyl (C=O) groups excluding carboxylic acids is 4. The first kappa shape index (κ1) is 21.9. The summed E-state index contributed by atoms with van der Waals surface area (Å²) < 4.78 is 32.5. The number of Topliss-reactive ketones (excluding diaryl/α,β-unsaturated/α-hetero) is 1. The molecule has 9 nitrogen and oxygen atoms in total. The van der Waals surface area contributed by atoms with Crippen LogP contribution in [0.15, 0.2) is 42.6 Å². The number of nitrogens with zero attached hydrogens (tertiary/aromatic N) is 3. The van der Waals surface area contributed by atoms with Crippen molar-refractivity contribution in [2.45, 2.75) is 37.1 Å². The second kappa shape index (κ2) is 7.86. The van der Waals surface area contributed by atoms with Crippen molar-refractivity contribution in [1.29, 1.82) is 0 Å². The lowest BCUT2D eigenvalue weighted by atomic mass is 9.80. The van der Waals surface area contributed by atoms with Crippen molar-refractivity contribution < 1.29 is 32.7 Å². The van der Waals surface area contributed by atoms with Gasteiger partial charge < -0.3 is 10.1 Å². The van der Waals surface area contributed by atoms with Crippen molar-refractivity contribution in [3.05, 3.63) is 48.2 Å². The predicted octanol–water partition coefficient (Wildman–Crippen LogP) is 2.82. The Morgan fingerprint density at radius 2 is 1.79 bits per heavy atom. The summed E-state index contributed by atoms with van der Waals surface area (Å²) in [5.74, 6) is -3.59. The van der Waals surface area contributed by atoms with Crippen LogP contribution in [-0.4, -0.2) is 58.1 Å². The van der Waals surface area contributed by atoms with Crippen LogP contribution in [-0.2, 0) is 9.59 Å². The number of ketones is 1. The molecule has 2 aromatic rings. The third-order valence-electron chi connectivity index (χ3n) is 6.39. The van der Waals surface area contributed by atoms with Crippen molar-refractivity contribution >= 4 is 35.1 Å². The normalized spacial score (nSPS) is 20.7. The van der Waals surface area contributed by atoms with E-state index >= 15 is 0 Å². The number of imide groups is 1. The van der Waals surface area contributed by atoms with Gasteiger partial charge in [0.15, 0.2) is 12.4 Å². The summed E-state index contributed by atoms with van der Waals surface area (Å²) in [4.78, 5) is 56.8. The minimum Gasteiger partial charge on any atom is -0.482 e. The van der Waals surface area contributed by atoms with Crippen LogP contribution in [0.4, 0.5) is 25.1 Å². The third kappa shape index (κ3) is 3.66. The number of alkyl halides is 2. The first-order valence-electron chi connectivity index (χ1n) is 10.8. The van der Waals surface area contributed by atoms with Gasteiger partial charge in [0, 0.05) is 24.6 Å². The van der Waals surface area contributed by atoms with Crippen molar-refractivity contribution in [3.8, 4) is 5.75 Å². The first-order chi connectivity index (χ1) is 16.2. The summed E-state index contributed by atoms with van der Waals surface area (Å²) in [6, 6.07) is 9.14. The zero-order valence-corrected chi connectivity index (χ0v) is 17.9. The number of urea groups is 1. The van der Waals surface area contributed by atoms with Crippen LogP contribution >= 0.6 is 0 Å². The molecule has 1 saturated carbocycles. The monoisotopic (exact) mass is 470 g/mol. The number of amides is 4. The fourth-order valence-corrected chi connectivity index (χ4v) is 4.47. The van der Waals surface area contributed by atoms with E-state index in [-0.39, 0.29) is 36.7 Å². The molecule has 4 amide bonds. The number of ether oxygens (including phenoxy) is 1. The number of aromatic nitrogens is 1. The van der Waals surface area contributed by atoms with Gasteiger partial charge in [0.2, 0.25) is 5.92 Å². The summed E-state index contributed by atoms with van der Waals surface area (Å²) in [6.45, 7) is -0.692. The molecule has 1 spiro atoms. The van der Waals surface area contributed by atoms with Gasteiger partial charge in [0.25, 0.3) is 11.8 Å². The van der Waals surface area contributed by atoms with E-state index in [1.807, 2.05) is 0 Å². The van der Waals surface area contributed by atoms with E-state index in [2.05, 4.69) is 10.3 Å². The quantitative estimate of drug-likeness (QED) is 0.544. The number of benzene rings is 1. The number of pyridine rings is 1. The van der Waals surface area contributed by atoms with E-state index < -0.39 is 48.6 Å². The van der Waals surface area contributed by atoms with Gasteiger partial charge in [-0.3, -0.25) is 24.2 Å². The van der Waals surface area contributed by atoms with Crippen LogP contribution in [0, 0.1) is 0 Å². The molecular weight excluding hydrogens is 450 g/mol. The number of anilines is 2. The molecule has 0 radical (unpaired) electrons. The van der Waals surface area contributed by atoms with Crippen LogP contribution in [0.1, 0.15) is 36.0 Å². The Morgan fingerprint density at radius 1 is 1.06 bits per heavy atom.